The first-order chi connectivity index (χ1) is 14.0. The van der Waals surface area contributed by atoms with Gasteiger partial charge in [0.15, 0.2) is 5.82 Å². The van der Waals surface area contributed by atoms with E-state index in [1.165, 1.54) is 5.56 Å². The van der Waals surface area contributed by atoms with Crippen LogP contribution in [0.1, 0.15) is 32.3 Å². The molecular formula is C22H23ClN6. The summed E-state index contributed by atoms with van der Waals surface area (Å²) in [6, 6.07) is 14.4. The lowest BCUT2D eigenvalue weighted by Crippen LogP contribution is -2.20. The van der Waals surface area contributed by atoms with Crippen molar-refractivity contribution in [2.75, 3.05) is 18.5 Å². The number of anilines is 1. The van der Waals surface area contributed by atoms with Gasteiger partial charge in [-0.2, -0.15) is 4.68 Å². The summed E-state index contributed by atoms with van der Waals surface area (Å²) in [4.78, 5) is 7.04. The molecule has 29 heavy (non-hydrogen) atoms. The van der Waals surface area contributed by atoms with Gasteiger partial charge >= 0.3 is 0 Å². The predicted molar refractivity (Wildman–Crippen MR) is 118 cm³/mol. The van der Waals surface area contributed by atoms with Gasteiger partial charge in [0.25, 0.3) is 0 Å². The first-order valence-corrected chi connectivity index (χ1v) is 10.1. The highest BCUT2D eigenvalue weighted by Crippen LogP contribution is 2.40. The van der Waals surface area contributed by atoms with Crippen molar-refractivity contribution in [1.29, 1.82) is 0 Å². The summed E-state index contributed by atoms with van der Waals surface area (Å²) < 4.78 is 1.69. The van der Waals surface area contributed by atoms with Crippen LogP contribution in [-0.4, -0.2) is 38.8 Å². The first kappa shape index (κ1) is 19.3. The SMILES string of the molecule is CCN(C)c1nc2ccc(Cl)cc2c(-c2cccc(C(C)C)c2)c1-n1cnnn1. The van der Waals surface area contributed by atoms with E-state index in [1.807, 2.05) is 25.2 Å². The normalized spacial score (nSPS) is 11.4. The maximum atomic E-state index is 6.38. The molecule has 0 saturated heterocycles. The Morgan fingerprint density at radius 1 is 1.14 bits per heavy atom. The van der Waals surface area contributed by atoms with E-state index in [1.54, 1.807) is 11.0 Å². The van der Waals surface area contributed by atoms with Crippen LogP contribution in [0.5, 0.6) is 0 Å². The van der Waals surface area contributed by atoms with E-state index in [-0.39, 0.29) is 0 Å². The van der Waals surface area contributed by atoms with Crippen LogP contribution >= 0.6 is 11.6 Å². The van der Waals surface area contributed by atoms with Crippen LogP contribution in [0.15, 0.2) is 48.8 Å². The molecule has 2 heterocycles. The fourth-order valence-corrected chi connectivity index (χ4v) is 3.63. The summed E-state index contributed by atoms with van der Waals surface area (Å²) in [5, 5.41) is 13.6. The zero-order valence-electron chi connectivity index (χ0n) is 17.0. The Kier molecular flexibility index (Phi) is 5.20. The maximum absolute atomic E-state index is 6.38. The van der Waals surface area contributed by atoms with Crippen LogP contribution < -0.4 is 4.90 Å². The van der Waals surface area contributed by atoms with Gasteiger partial charge in [-0.15, -0.1) is 5.10 Å². The Morgan fingerprint density at radius 2 is 1.97 bits per heavy atom. The smallest absolute Gasteiger partial charge is 0.155 e. The molecule has 0 aliphatic rings. The average molecular weight is 407 g/mol. The largest absolute Gasteiger partial charge is 0.358 e. The van der Waals surface area contributed by atoms with Crippen molar-refractivity contribution in [3.8, 4) is 16.8 Å². The van der Waals surface area contributed by atoms with Gasteiger partial charge in [0.1, 0.15) is 12.0 Å². The molecule has 2 aromatic heterocycles. The molecule has 4 aromatic rings. The standard InChI is InChI=1S/C22H23ClN6/c1-5-28(4)22-21(29-13-24-26-27-29)20(16-8-6-7-15(11-16)14(2)3)18-12-17(23)9-10-19(18)25-22/h6-14H,5H2,1-4H3. The highest BCUT2D eigenvalue weighted by Gasteiger charge is 2.22. The molecule has 6 nitrogen and oxygen atoms in total. The minimum atomic E-state index is 0.418. The van der Waals surface area contributed by atoms with Gasteiger partial charge in [-0.25, -0.2) is 4.98 Å². The molecule has 0 N–H and O–H groups in total. The third-order valence-corrected chi connectivity index (χ3v) is 5.39. The molecule has 0 aliphatic carbocycles. The third kappa shape index (κ3) is 3.56. The fraction of sp³-hybridized carbons (Fsp3) is 0.273. The zero-order valence-corrected chi connectivity index (χ0v) is 17.7. The summed E-state index contributed by atoms with van der Waals surface area (Å²) in [6.45, 7) is 7.28. The lowest BCUT2D eigenvalue weighted by Gasteiger charge is -2.23. The Labute approximate surface area is 175 Å². The molecule has 2 aromatic carbocycles. The van der Waals surface area contributed by atoms with Crippen LogP contribution in [0.3, 0.4) is 0 Å². The number of aromatic nitrogens is 5. The molecule has 0 aliphatic heterocycles. The van der Waals surface area contributed by atoms with Gasteiger partial charge in [0, 0.05) is 29.6 Å². The van der Waals surface area contributed by atoms with Gasteiger partial charge in [0.2, 0.25) is 0 Å². The molecule has 0 bridgehead atoms. The predicted octanol–water partition coefficient (Wildman–Crippen LogP) is 5.11. The molecule has 0 spiro atoms. The Balaban J connectivity index is 2.16. The number of fused-ring (bicyclic) bond motifs is 1. The molecule has 0 fully saturated rings. The second-order valence-corrected chi connectivity index (χ2v) is 7.81. The van der Waals surface area contributed by atoms with Crippen LogP contribution in [0.25, 0.3) is 27.7 Å². The third-order valence-electron chi connectivity index (χ3n) is 5.16. The monoisotopic (exact) mass is 406 g/mol. The fourth-order valence-electron chi connectivity index (χ4n) is 3.45. The van der Waals surface area contributed by atoms with Crippen molar-refractivity contribution in [2.24, 2.45) is 0 Å². The van der Waals surface area contributed by atoms with Gasteiger partial charge in [-0.3, -0.25) is 0 Å². The van der Waals surface area contributed by atoms with E-state index in [0.29, 0.717) is 10.9 Å². The van der Waals surface area contributed by atoms with Crippen molar-refractivity contribution >= 4 is 28.3 Å². The Hall–Kier alpha value is -2.99. The number of benzene rings is 2. The molecular weight excluding hydrogens is 384 g/mol. The molecule has 4 rings (SSSR count). The second-order valence-electron chi connectivity index (χ2n) is 7.37. The Bertz CT molecular complexity index is 1150. The summed E-state index contributed by atoms with van der Waals surface area (Å²) in [6.07, 6.45) is 1.61. The topological polar surface area (TPSA) is 59.7 Å². The van der Waals surface area contributed by atoms with Crippen LogP contribution in [0, 0.1) is 0 Å². The summed E-state index contributed by atoms with van der Waals surface area (Å²) in [7, 11) is 2.02. The van der Waals surface area contributed by atoms with Crippen molar-refractivity contribution in [3.05, 3.63) is 59.4 Å². The van der Waals surface area contributed by atoms with Crippen molar-refractivity contribution in [3.63, 3.8) is 0 Å². The second kappa shape index (κ2) is 7.79. The van der Waals surface area contributed by atoms with Crippen LogP contribution in [-0.2, 0) is 0 Å². The minimum Gasteiger partial charge on any atom is -0.358 e. The summed E-state index contributed by atoms with van der Waals surface area (Å²) >= 11 is 6.38. The number of hydrogen-bond donors (Lipinski definition) is 0. The molecule has 0 radical (unpaired) electrons. The number of rotatable bonds is 5. The summed E-state index contributed by atoms with van der Waals surface area (Å²) in [5.74, 6) is 1.24. The Morgan fingerprint density at radius 3 is 2.66 bits per heavy atom. The van der Waals surface area contributed by atoms with Gasteiger partial charge in [-0.1, -0.05) is 49.7 Å². The van der Waals surface area contributed by atoms with E-state index in [0.717, 1.165) is 40.1 Å². The highest BCUT2D eigenvalue weighted by molar-refractivity contribution is 6.31. The number of halogens is 1. The van der Waals surface area contributed by atoms with E-state index in [9.17, 15) is 0 Å². The van der Waals surface area contributed by atoms with Gasteiger partial charge < -0.3 is 4.90 Å². The molecule has 7 heteroatoms. The number of hydrogen-bond acceptors (Lipinski definition) is 5. The lowest BCUT2D eigenvalue weighted by atomic mass is 9.94. The van der Waals surface area contributed by atoms with E-state index < -0.39 is 0 Å². The van der Waals surface area contributed by atoms with Crippen LogP contribution in [0.4, 0.5) is 5.82 Å². The molecule has 0 saturated carbocycles. The minimum absolute atomic E-state index is 0.418. The number of tetrazole rings is 1. The number of pyridine rings is 1. The zero-order chi connectivity index (χ0) is 20.5. The average Bonchev–Trinajstić information content (AvgIpc) is 3.26. The van der Waals surface area contributed by atoms with E-state index in [2.05, 4.69) is 65.5 Å². The van der Waals surface area contributed by atoms with E-state index in [4.69, 9.17) is 16.6 Å². The van der Waals surface area contributed by atoms with Crippen LogP contribution in [0.2, 0.25) is 5.02 Å². The quantitative estimate of drug-likeness (QED) is 0.461. The van der Waals surface area contributed by atoms with Crippen molar-refractivity contribution in [1.82, 2.24) is 25.2 Å². The maximum Gasteiger partial charge on any atom is 0.155 e. The van der Waals surface area contributed by atoms with Crippen molar-refractivity contribution in [2.45, 2.75) is 26.7 Å². The first-order valence-electron chi connectivity index (χ1n) is 9.67. The van der Waals surface area contributed by atoms with E-state index >= 15 is 0 Å². The number of nitrogens with zero attached hydrogens (tertiary/aromatic N) is 6. The van der Waals surface area contributed by atoms with Crippen molar-refractivity contribution < 1.29 is 0 Å². The summed E-state index contributed by atoms with van der Waals surface area (Å²) in [5.41, 5.74) is 5.09. The molecule has 0 amide bonds. The molecule has 148 valence electrons. The highest BCUT2D eigenvalue weighted by atomic mass is 35.5. The van der Waals surface area contributed by atoms with Gasteiger partial charge in [-0.05, 0) is 52.6 Å². The molecule has 0 atom stereocenters. The lowest BCUT2D eigenvalue weighted by molar-refractivity contribution is 0.782. The van der Waals surface area contributed by atoms with Gasteiger partial charge in [0.05, 0.1) is 5.52 Å². The molecule has 0 unspecified atom stereocenters.